The fourth-order valence-corrected chi connectivity index (χ4v) is 1.93. The van der Waals surface area contributed by atoms with Crippen molar-refractivity contribution in [3.8, 4) is 0 Å². The summed E-state index contributed by atoms with van der Waals surface area (Å²) in [5, 5.41) is 11.5. The van der Waals surface area contributed by atoms with E-state index in [1.807, 2.05) is 0 Å². The molecule has 0 heterocycles. The molecule has 0 aliphatic rings. The van der Waals surface area contributed by atoms with Crippen LogP contribution in [0.4, 0.5) is 14.5 Å². The van der Waals surface area contributed by atoms with Crippen LogP contribution < -0.4 is 5.32 Å². The molecule has 0 radical (unpaired) electrons. The van der Waals surface area contributed by atoms with E-state index in [1.54, 1.807) is 12.1 Å². The number of nitrogens with one attached hydrogen (secondary N) is 1. The second-order valence-corrected chi connectivity index (χ2v) is 4.51. The lowest BCUT2D eigenvalue weighted by atomic mass is 10.1. The van der Waals surface area contributed by atoms with Gasteiger partial charge in [0.1, 0.15) is 5.82 Å². The number of hydrogen-bond acceptors (Lipinski definition) is 2. The van der Waals surface area contributed by atoms with Crippen molar-refractivity contribution in [1.29, 1.82) is 0 Å². The van der Waals surface area contributed by atoms with E-state index in [-0.39, 0.29) is 22.8 Å². The highest BCUT2D eigenvalue weighted by Crippen LogP contribution is 2.26. The van der Waals surface area contributed by atoms with Crippen molar-refractivity contribution in [2.75, 3.05) is 5.32 Å². The maximum atomic E-state index is 13.5. The van der Waals surface area contributed by atoms with Crippen LogP contribution in [0.5, 0.6) is 0 Å². The monoisotopic (exact) mass is 297 g/mol. The second kappa shape index (κ2) is 5.88. The Kier molecular flexibility index (Phi) is 4.20. The van der Waals surface area contributed by atoms with Gasteiger partial charge in [-0.25, -0.2) is 13.6 Å². The number of anilines is 1. The Hall–Kier alpha value is -2.14. The number of carboxylic acid groups (broad SMARTS) is 1. The predicted octanol–water partition coefficient (Wildman–Crippen LogP) is 3.93. The lowest BCUT2D eigenvalue weighted by molar-refractivity contribution is 0.0697. The maximum absolute atomic E-state index is 13.5. The summed E-state index contributed by atoms with van der Waals surface area (Å²) >= 11 is 5.75. The first kappa shape index (κ1) is 14.3. The fraction of sp³-hybridized carbons (Fsp3) is 0.0714. The fourth-order valence-electron chi connectivity index (χ4n) is 1.67. The topological polar surface area (TPSA) is 49.3 Å². The molecule has 3 nitrogen and oxygen atoms in total. The molecular formula is C14H10ClF2NO2. The molecule has 0 saturated heterocycles. The molecule has 0 spiro atoms. The zero-order chi connectivity index (χ0) is 14.7. The molecule has 0 aliphatic heterocycles. The van der Waals surface area contributed by atoms with E-state index >= 15 is 0 Å². The van der Waals surface area contributed by atoms with Crippen molar-refractivity contribution in [2.45, 2.75) is 6.54 Å². The molecule has 6 heteroatoms. The molecule has 0 aromatic heterocycles. The summed E-state index contributed by atoms with van der Waals surface area (Å²) in [6.45, 7) is 0.238. The number of benzene rings is 2. The Bertz CT molecular complexity index is 621. The summed E-state index contributed by atoms with van der Waals surface area (Å²) in [6, 6.07) is 7.85. The zero-order valence-corrected chi connectivity index (χ0v) is 10.9. The molecule has 0 amide bonds. The molecule has 0 bridgehead atoms. The van der Waals surface area contributed by atoms with Gasteiger partial charge in [0.2, 0.25) is 0 Å². The Balaban J connectivity index is 2.11. The number of aromatic carboxylic acids is 1. The van der Waals surface area contributed by atoms with Gasteiger partial charge >= 0.3 is 5.97 Å². The highest BCUT2D eigenvalue weighted by Gasteiger charge is 2.09. The molecule has 0 fully saturated rings. The quantitative estimate of drug-likeness (QED) is 0.899. The Morgan fingerprint density at radius 3 is 2.40 bits per heavy atom. The number of hydrogen-bond donors (Lipinski definition) is 2. The van der Waals surface area contributed by atoms with Crippen molar-refractivity contribution in [2.24, 2.45) is 0 Å². The van der Waals surface area contributed by atoms with Crippen LogP contribution in [-0.2, 0) is 6.54 Å². The summed E-state index contributed by atoms with van der Waals surface area (Å²) < 4.78 is 26.4. The molecule has 2 aromatic rings. The molecule has 104 valence electrons. The first-order chi connectivity index (χ1) is 9.47. The van der Waals surface area contributed by atoms with Crippen LogP contribution in [-0.4, -0.2) is 11.1 Å². The number of carbonyl (C=O) groups is 1. The van der Waals surface area contributed by atoms with Crippen LogP contribution in [0, 0.1) is 11.6 Å². The van der Waals surface area contributed by atoms with Gasteiger partial charge in [0, 0.05) is 12.6 Å². The predicted molar refractivity (Wildman–Crippen MR) is 72.1 cm³/mol. The van der Waals surface area contributed by atoms with E-state index < -0.39 is 17.6 Å². The van der Waals surface area contributed by atoms with Crippen LogP contribution in [0.25, 0.3) is 0 Å². The summed E-state index contributed by atoms with van der Waals surface area (Å²) in [5.74, 6) is -2.54. The smallest absolute Gasteiger partial charge is 0.335 e. The van der Waals surface area contributed by atoms with Crippen LogP contribution >= 0.6 is 11.6 Å². The number of carboxylic acids is 1. The third-order valence-electron chi connectivity index (χ3n) is 2.68. The van der Waals surface area contributed by atoms with E-state index in [9.17, 15) is 13.6 Å². The molecule has 0 saturated carbocycles. The molecular weight excluding hydrogens is 288 g/mol. The Labute approximate surface area is 118 Å². The standard InChI is InChI=1S/C14H10ClF2NO2/c15-11-5-10(16)6-12(17)13(11)18-7-8-1-3-9(4-2-8)14(19)20/h1-6,18H,7H2,(H,19,20). The van der Waals surface area contributed by atoms with Crippen LogP contribution in [0.15, 0.2) is 36.4 Å². The van der Waals surface area contributed by atoms with Gasteiger partial charge in [0.15, 0.2) is 5.82 Å². The van der Waals surface area contributed by atoms with Crippen LogP contribution in [0.3, 0.4) is 0 Å². The van der Waals surface area contributed by atoms with E-state index in [0.717, 1.165) is 17.7 Å². The third-order valence-corrected chi connectivity index (χ3v) is 2.98. The minimum atomic E-state index is -1.02. The van der Waals surface area contributed by atoms with Crippen molar-refractivity contribution >= 4 is 23.3 Å². The molecule has 0 unspecified atom stereocenters. The van der Waals surface area contributed by atoms with Crippen molar-refractivity contribution in [1.82, 2.24) is 0 Å². The van der Waals surface area contributed by atoms with Crippen LogP contribution in [0.1, 0.15) is 15.9 Å². The normalized spacial score (nSPS) is 10.3. The van der Waals surface area contributed by atoms with Gasteiger partial charge < -0.3 is 10.4 Å². The van der Waals surface area contributed by atoms with Crippen LogP contribution in [0.2, 0.25) is 5.02 Å². The van der Waals surface area contributed by atoms with E-state index in [1.165, 1.54) is 12.1 Å². The van der Waals surface area contributed by atoms with Gasteiger partial charge in [-0.1, -0.05) is 23.7 Å². The summed E-state index contributed by atoms with van der Waals surface area (Å²) in [7, 11) is 0. The van der Waals surface area contributed by atoms with Crippen molar-refractivity contribution in [3.05, 3.63) is 64.2 Å². The average molecular weight is 298 g/mol. The molecule has 2 aromatic carbocycles. The van der Waals surface area contributed by atoms with E-state index in [2.05, 4.69) is 5.32 Å². The lowest BCUT2D eigenvalue weighted by Gasteiger charge is -2.10. The van der Waals surface area contributed by atoms with Gasteiger partial charge in [-0.15, -0.1) is 0 Å². The Morgan fingerprint density at radius 1 is 1.20 bits per heavy atom. The van der Waals surface area contributed by atoms with E-state index in [0.29, 0.717) is 0 Å². The SMILES string of the molecule is O=C(O)c1ccc(CNc2c(F)cc(F)cc2Cl)cc1. The highest BCUT2D eigenvalue weighted by molar-refractivity contribution is 6.33. The van der Waals surface area contributed by atoms with Gasteiger partial charge in [-0.3, -0.25) is 0 Å². The number of halogens is 3. The molecule has 2 N–H and O–H groups in total. The molecule has 2 rings (SSSR count). The molecule has 0 atom stereocenters. The van der Waals surface area contributed by atoms with Crippen molar-refractivity contribution < 1.29 is 18.7 Å². The summed E-state index contributed by atoms with van der Waals surface area (Å²) in [6.07, 6.45) is 0. The minimum absolute atomic E-state index is 0.00961. The van der Waals surface area contributed by atoms with Gasteiger partial charge in [0.25, 0.3) is 0 Å². The Morgan fingerprint density at radius 2 is 1.85 bits per heavy atom. The summed E-state index contributed by atoms with van der Waals surface area (Å²) in [4.78, 5) is 10.7. The average Bonchev–Trinajstić information content (AvgIpc) is 2.38. The zero-order valence-electron chi connectivity index (χ0n) is 10.2. The largest absolute Gasteiger partial charge is 0.478 e. The highest BCUT2D eigenvalue weighted by atomic mass is 35.5. The third kappa shape index (κ3) is 3.24. The van der Waals surface area contributed by atoms with E-state index in [4.69, 9.17) is 16.7 Å². The van der Waals surface area contributed by atoms with Gasteiger partial charge in [0.05, 0.1) is 16.3 Å². The summed E-state index contributed by atoms with van der Waals surface area (Å²) in [5.41, 5.74) is 0.921. The first-order valence-electron chi connectivity index (χ1n) is 5.68. The molecule has 20 heavy (non-hydrogen) atoms. The molecule has 0 aliphatic carbocycles. The van der Waals surface area contributed by atoms with Gasteiger partial charge in [-0.2, -0.15) is 0 Å². The van der Waals surface area contributed by atoms with Crippen molar-refractivity contribution in [3.63, 3.8) is 0 Å². The number of rotatable bonds is 4. The minimum Gasteiger partial charge on any atom is -0.478 e. The van der Waals surface area contributed by atoms with Gasteiger partial charge in [-0.05, 0) is 23.8 Å². The first-order valence-corrected chi connectivity index (χ1v) is 6.06. The second-order valence-electron chi connectivity index (χ2n) is 4.10. The maximum Gasteiger partial charge on any atom is 0.335 e. The lowest BCUT2D eigenvalue weighted by Crippen LogP contribution is -2.03.